The number of rotatable bonds is 2. The van der Waals surface area contributed by atoms with Crippen LogP contribution in [0.5, 0.6) is 0 Å². The quantitative estimate of drug-likeness (QED) is 0.770. The predicted molar refractivity (Wildman–Crippen MR) is 77.8 cm³/mol. The molecule has 1 aliphatic heterocycles. The van der Waals surface area contributed by atoms with Crippen molar-refractivity contribution >= 4 is 39.8 Å². The van der Waals surface area contributed by atoms with E-state index in [0.29, 0.717) is 11.9 Å². The number of hydrogen-bond donors (Lipinski definition) is 0. The molecule has 0 radical (unpaired) electrons. The third kappa shape index (κ3) is 2.04. The van der Waals surface area contributed by atoms with Crippen LogP contribution in [0.2, 0.25) is 5.02 Å². The lowest BCUT2D eigenvalue weighted by molar-refractivity contribution is 0.743. The molecular formula is C14H14Cl2N2. The van der Waals surface area contributed by atoms with Crippen molar-refractivity contribution in [1.29, 1.82) is 0 Å². The zero-order chi connectivity index (χ0) is 12.5. The van der Waals surface area contributed by atoms with Crippen LogP contribution in [0.15, 0.2) is 30.5 Å². The highest BCUT2D eigenvalue weighted by atomic mass is 35.5. The normalized spacial score (nSPS) is 19.7. The molecular weight excluding hydrogens is 267 g/mol. The fourth-order valence-electron chi connectivity index (χ4n) is 2.67. The topological polar surface area (TPSA) is 16.1 Å². The van der Waals surface area contributed by atoms with Gasteiger partial charge in [-0.15, -0.1) is 11.6 Å². The van der Waals surface area contributed by atoms with Crippen LogP contribution in [-0.4, -0.2) is 23.5 Å². The van der Waals surface area contributed by atoms with Gasteiger partial charge < -0.3 is 4.90 Å². The van der Waals surface area contributed by atoms with Gasteiger partial charge in [0, 0.05) is 40.8 Å². The molecule has 2 heterocycles. The van der Waals surface area contributed by atoms with E-state index in [1.54, 1.807) is 0 Å². The van der Waals surface area contributed by atoms with Crippen molar-refractivity contribution in [3.05, 3.63) is 35.5 Å². The summed E-state index contributed by atoms with van der Waals surface area (Å²) in [5, 5.41) is 1.88. The standard InChI is InChI=1S/C14H14Cl2N2/c15-9-11-2-1-7-18(11)14-5-6-17-13-8-10(16)3-4-12(13)14/h3-6,8,11H,1-2,7,9H2. The molecule has 1 unspecified atom stereocenters. The van der Waals surface area contributed by atoms with Crippen molar-refractivity contribution in [3.63, 3.8) is 0 Å². The molecule has 4 heteroatoms. The Labute approximate surface area is 117 Å². The van der Waals surface area contributed by atoms with Crippen molar-refractivity contribution in [2.24, 2.45) is 0 Å². The number of pyridine rings is 1. The molecule has 1 aromatic heterocycles. The van der Waals surface area contributed by atoms with Crippen LogP contribution in [-0.2, 0) is 0 Å². The van der Waals surface area contributed by atoms with E-state index in [0.717, 1.165) is 22.5 Å². The van der Waals surface area contributed by atoms with E-state index in [9.17, 15) is 0 Å². The fraction of sp³-hybridized carbons (Fsp3) is 0.357. The van der Waals surface area contributed by atoms with Gasteiger partial charge in [0.25, 0.3) is 0 Å². The minimum absolute atomic E-state index is 0.438. The van der Waals surface area contributed by atoms with Crippen molar-refractivity contribution in [1.82, 2.24) is 4.98 Å². The van der Waals surface area contributed by atoms with E-state index in [1.807, 2.05) is 24.4 Å². The summed E-state index contributed by atoms with van der Waals surface area (Å²) >= 11 is 12.1. The maximum atomic E-state index is 6.05. The third-order valence-corrected chi connectivity index (χ3v) is 4.14. The molecule has 1 fully saturated rings. The highest BCUT2D eigenvalue weighted by Gasteiger charge is 2.25. The molecule has 18 heavy (non-hydrogen) atoms. The second-order valence-corrected chi connectivity index (χ2v) is 5.38. The Morgan fingerprint density at radius 2 is 2.22 bits per heavy atom. The van der Waals surface area contributed by atoms with E-state index in [-0.39, 0.29) is 0 Å². The first-order valence-corrected chi connectivity index (χ1v) is 7.08. The van der Waals surface area contributed by atoms with E-state index in [4.69, 9.17) is 23.2 Å². The summed E-state index contributed by atoms with van der Waals surface area (Å²) in [6.45, 7) is 1.07. The summed E-state index contributed by atoms with van der Waals surface area (Å²) in [5.74, 6) is 0.678. The zero-order valence-electron chi connectivity index (χ0n) is 9.94. The summed E-state index contributed by atoms with van der Waals surface area (Å²) in [4.78, 5) is 6.77. The smallest absolute Gasteiger partial charge is 0.0737 e. The monoisotopic (exact) mass is 280 g/mol. The molecule has 1 saturated heterocycles. The number of nitrogens with zero attached hydrogens (tertiary/aromatic N) is 2. The maximum Gasteiger partial charge on any atom is 0.0737 e. The van der Waals surface area contributed by atoms with Gasteiger partial charge in [0.2, 0.25) is 0 Å². The molecule has 0 N–H and O–H groups in total. The summed E-state index contributed by atoms with van der Waals surface area (Å²) in [6.07, 6.45) is 4.22. The molecule has 1 aliphatic rings. The predicted octanol–water partition coefficient (Wildman–Crippen LogP) is 4.10. The zero-order valence-corrected chi connectivity index (χ0v) is 11.5. The first-order chi connectivity index (χ1) is 8.79. The number of aromatic nitrogens is 1. The van der Waals surface area contributed by atoms with Gasteiger partial charge >= 0.3 is 0 Å². The van der Waals surface area contributed by atoms with Gasteiger partial charge in [0.05, 0.1) is 5.52 Å². The average molecular weight is 281 g/mol. The van der Waals surface area contributed by atoms with E-state index < -0.39 is 0 Å². The van der Waals surface area contributed by atoms with Gasteiger partial charge in [-0.05, 0) is 37.1 Å². The van der Waals surface area contributed by atoms with Crippen molar-refractivity contribution in [2.45, 2.75) is 18.9 Å². The van der Waals surface area contributed by atoms with Crippen LogP contribution in [0, 0.1) is 0 Å². The summed E-state index contributed by atoms with van der Waals surface area (Å²) in [6, 6.07) is 8.38. The van der Waals surface area contributed by atoms with Crippen LogP contribution in [0.1, 0.15) is 12.8 Å². The molecule has 2 aromatic rings. The van der Waals surface area contributed by atoms with E-state index in [2.05, 4.69) is 16.0 Å². The Morgan fingerprint density at radius 3 is 3.06 bits per heavy atom. The van der Waals surface area contributed by atoms with Crippen molar-refractivity contribution in [2.75, 3.05) is 17.3 Å². The van der Waals surface area contributed by atoms with E-state index in [1.165, 1.54) is 18.5 Å². The Kier molecular flexibility index (Phi) is 3.31. The van der Waals surface area contributed by atoms with Crippen molar-refractivity contribution < 1.29 is 0 Å². The minimum Gasteiger partial charge on any atom is -0.367 e. The van der Waals surface area contributed by atoms with Gasteiger partial charge in [0.1, 0.15) is 0 Å². The number of alkyl halides is 1. The average Bonchev–Trinajstić information content (AvgIpc) is 2.85. The number of fused-ring (bicyclic) bond motifs is 1. The lowest BCUT2D eigenvalue weighted by Crippen LogP contribution is -2.30. The summed E-state index contributed by atoms with van der Waals surface area (Å²) in [7, 11) is 0. The number of benzene rings is 1. The molecule has 1 atom stereocenters. The van der Waals surface area contributed by atoms with Gasteiger partial charge in [0.15, 0.2) is 0 Å². The Bertz CT molecular complexity index is 571. The second-order valence-electron chi connectivity index (χ2n) is 4.64. The van der Waals surface area contributed by atoms with Gasteiger partial charge in [-0.3, -0.25) is 4.98 Å². The highest BCUT2D eigenvalue weighted by molar-refractivity contribution is 6.31. The first-order valence-electron chi connectivity index (χ1n) is 6.16. The summed E-state index contributed by atoms with van der Waals surface area (Å²) in [5.41, 5.74) is 2.17. The van der Waals surface area contributed by atoms with Crippen LogP contribution in [0.4, 0.5) is 5.69 Å². The fourth-order valence-corrected chi connectivity index (χ4v) is 3.16. The lowest BCUT2D eigenvalue weighted by atomic mass is 10.1. The van der Waals surface area contributed by atoms with Gasteiger partial charge in [-0.1, -0.05) is 11.6 Å². The molecule has 2 nitrogen and oxygen atoms in total. The molecule has 0 amide bonds. The molecule has 0 bridgehead atoms. The molecule has 0 spiro atoms. The van der Waals surface area contributed by atoms with Crippen LogP contribution in [0.25, 0.3) is 10.9 Å². The SMILES string of the molecule is ClCC1CCCN1c1ccnc2cc(Cl)ccc12. The summed E-state index contributed by atoms with van der Waals surface area (Å²) < 4.78 is 0. The first kappa shape index (κ1) is 12.1. The molecule has 0 aliphatic carbocycles. The van der Waals surface area contributed by atoms with Gasteiger partial charge in [-0.25, -0.2) is 0 Å². The second kappa shape index (κ2) is 4.94. The molecule has 94 valence electrons. The lowest BCUT2D eigenvalue weighted by Gasteiger charge is -2.26. The third-order valence-electron chi connectivity index (χ3n) is 3.55. The van der Waals surface area contributed by atoms with Crippen LogP contribution < -0.4 is 4.90 Å². The number of halogens is 2. The van der Waals surface area contributed by atoms with Gasteiger partial charge in [-0.2, -0.15) is 0 Å². The van der Waals surface area contributed by atoms with E-state index >= 15 is 0 Å². The maximum absolute atomic E-state index is 6.05. The molecule has 3 rings (SSSR count). The van der Waals surface area contributed by atoms with Crippen LogP contribution >= 0.6 is 23.2 Å². The number of anilines is 1. The number of hydrogen-bond acceptors (Lipinski definition) is 2. The largest absolute Gasteiger partial charge is 0.367 e. The molecule has 1 aromatic carbocycles. The van der Waals surface area contributed by atoms with Crippen LogP contribution in [0.3, 0.4) is 0 Å². The van der Waals surface area contributed by atoms with Crippen molar-refractivity contribution in [3.8, 4) is 0 Å². The minimum atomic E-state index is 0.438. The Balaban J connectivity index is 2.11. The Hall–Kier alpha value is -0.990. The highest BCUT2D eigenvalue weighted by Crippen LogP contribution is 2.32. The molecule has 0 saturated carbocycles. The Morgan fingerprint density at radius 1 is 1.33 bits per heavy atom.